The van der Waals surface area contributed by atoms with Crippen LogP contribution in [0.15, 0.2) is 6.33 Å². The van der Waals surface area contributed by atoms with E-state index in [0.29, 0.717) is 18.8 Å². The first-order valence-corrected chi connectivity index (χ1v) is 8.29. The van der Waals surface area contributed by atoms with Gasteiger partial charge >= 0.3 is 0 Å². The minimum Gasteiger partial charge on any atom is -0.338 e. The number of rotatable bonds is 6. The van der Waals surface area contributed by atoms with Crippen molar-refractivity contribution >= 4 is 17.2 Å². The van der Waals surface area contributed by atoms with Crippen LogP contribution in [0, 0.1) is 6.92 Å². The summed E-state index contributed by atoms with van der Waals surface area (Å²) < 4.78 is 0. The number of carbonyl (C=O) groups excluding carboxylic acids is 1. The van der Waals surface area contributed by atoms with Crippen molar-refractivity contribution in [2.75, 3.05) is 7.05 Å². The summed E-state index contributed by atoms with van der Waals surface area (Å²) in [5, 5.41) is 7.70. The molecule has 0 spiro atoms. The van der Waals surface area contributed by atoms with Crippen LogP contribution < -0.4 is 0 Å². The summed E-state index contributed by atoms with van der Waals surface area (Å²) in [5.74, 6) is 1.25. The number of nitrogens with one attached hydrogen (secondary N) is 1. The maximum absolute atomic E-state index is 12.4. The van der Waals surface area contributed by atoms with E-state index in [1.165, 1.54) is 11.2 Å². The Labute approximate surface area is 135 Å². The number of aryl methyl sites for hydroxylation is 2. The molecule has 2 aromatic heterocycles. The van der Waals surface area contributed by atoms with Crippen LogP contribution in [0.25, 0.3) is 0 Å². The number of amides is 1. The molecule has 0 aliphatic carbocycles. The lowest BCUT2D eigenvalue weighted by Crippen LogP contribution is -2.29. The van der Waals surface area contributed by atoms with Crippen LogP contribution in [0.1, 0.15) is 60.6 Å². The lowest BCUT2D eigenvalue weighted by molar-refractivity contribution is -0.131. The standard InChI is InChI=1S/C15H23N5OS/c1-9(2)15-18-10(3)14(22-15)11(4)20(5)13(21)7-6-12-16-8-17-19-12/h8-9,11H,6-7H2,1-5H3,(H,16,17,19). The fourth-order valence-electron chi connectivity index (χ4n) is 2.21. The second-order valence-electron chi connectivity index (χ2n) is 5.77. The SMILES string of the molecule is Cc1nc(C(C)C)sc1C(C)N(C)C(=O)CCc1ncn[nH]1. The molecule has 0 saturated heterocycles. The van der Waals surface area contributed by atoms with E-state index in [1.54, 1.807) is 16.2 Å². The zero-order chi connectivity index (χ0) is 16.3. The molecule has 0 bridgehead atoms. The number of hydrogen-bond donors (Lipinski definition) is 1. The molecule has 0 aliphatic rings. The molecular formula is C15H23N5OS. The summed E-state index contributed by atoms with van der Waals surface area (Å²) in [6.45, 7) is 8.34. The number of aromatic amines is 1. The van der Waals surface area contributed by atoms with E-state index < -0.39 is 0 Å². The summed E-state index contributed by atoms with van der Waals surface area (Å²) in [5.41, 5.74) is 1.02. The van der Waals surface area contributed by atoms with Gasteiger partial charge in [-0.2, -0.15) is 5.10 Å². The van der Waals surface area contributed by atoms with E-state index >= 15 is 0 Å². The Balaban J connectivity index is 2.01. The van der Waals surface area contributed by atoms with Crippen molar-refractivity contribution in [2.24, 2.45) is 0 Å². The van der Waals surface area contributed by atoms with Crippen LogP contribution in [-0.2, 0) is 11.2 Å². The first-order valence-electron chi connectivity index (χ1n) is 7.47. The van der Waals surface area contributed by atoms with Gasteiger partial charge in [-0.1, -0.05) is 13.8 Å². The molecule has 6 nitrogen and oxygen atoms in total. The summed E-state index contributed by atoms with van der Waals surface area (Å²) in [4.78, 5) is 24.0. The Kier molecular flexibility index (Phi) is 5.28. The minimum absolute atomic E-state index is 0.0345. The van der Waals surface area contributed by atoms with Gasteiger partial charge in [0.05, 0.1) is 16.7 Å². The van der Waals surface area contributed by atoms with Gasteiger partial charge in [0.2, 0.25) is 5.91 Å². The topological polar surface area (TPSA) is 74.8 Å². The molecular weight excluding hydrogens is 298 g/mol. The first kappa shape index (κ1) is 16.6. The molecule has 0 fully saturated rings. The third-order valence-electron chi connectivity index (χ3n) is 3.74. The highest BCUT2D eigenvalue weighted by Crippen LogP contribution is 2.32. The molecule has 0 saturated carbocycles. The highest BCUT2D eigenvalue weighted by Gasteiger charge is 2.22. The van der Waals surface area contributed by atoms with Gasteiger partial charge in [0.15, 0.2) is 0 Å². The zero-order valence-electron chi connectivity index (χ0n) is 13.8. The Hall–Kier alpha value is -1.76. The van der Waals surface area contributed by atoms with E-state index in [-0.39, 0.29) is 11.9 Å². The molecule has 22 heavy (non-hydrogen) atoms. The number of hydrogen-bond acceptors (Lipinski definition) is 5. The number of aromatic nitrogens is 4. The molecule has 7 heteroatoms. The van der Waals surface area contributed by atoms with Gasteiger partial charge in [-0.05, 0) is 13.8 Å². The normalized spacial score (nSPS) is 12.6. The van der Waals surface area contributed by atoms with E-state index in [1.807, 2.05) is 14.0 Å². The number of thiazole rings is 1. The Morgan fingerprint density at radius 2 is 2.14 bits per heavy atom. The summed E-state index contributed by atoms with van der Waals surface area (Å²) in [6.07, 6.45) is 2.46. The maximum Gasteiger partial charge on any atom is 0.223 e. The monoisotopic (exact) mass is 321 g/mol. The molecule has 1 atom stereocenters. The molecule has 1 amide bonds. The smallest absolute Gasteiger partial charge is 0.223 e. The summed E-state index contributed by atoms with van der Waals surface area (Å²) in [6, 6.07) is 0.0345. The predicted molar refractivity (Wildman–Crippen MR) is 86.8 cm³/mol. The second-order valence-corrected chi connectivity index (χ2v) is 6.83. The molecule has 1 N–H and O–H groups in total. The van der Waals surface area contributed by atoms with Crippen molar-refractivity contribution in [1.29, 1.82) is 0 Å². The van der Waals surface area contributed by atoms with Gasteiger partial charge in [-0.25, -0.2) is 9.97 Å². The molecule has 1 unspecified atom stereocenters. The third-order valence-corrected chi connectivity index (χ3v) is 5.37. The van der Waals surface area contributed by atoms with Gasteiger partial charge in [0.25, 0.3) is 0 Å². The van der Waals surface area contributed by atoms with Crippen LogP contribution in [0.2, 0.25) is 0 Å². The molecule has 120 valence electrons. The molecule has 2 rings (SSSR count). The lowest BCUT2D eigenvalue weighted by atomic mass is 10.2. The van der Waals surface area contributed by atoms with Crippen molar-refractivity contribution in [3.63, 3.8) is 0 Å². The van der Waals surface area contributed by atoms with Crippen molar-refractivity contribution in [3.8, 4) is 0 Å². The van der Waals surface area contributed by atoms with Crippen LogP contribution in [0.3, 0.4) is 0 Å². The molecule has 2 heterocycles. The Bertz CT molecular complexity index is 620. The fourth-order valence-corrected chi connectivity index (χ4v) is 3.37. The molecule has 2 aromatic rings. The Morgan fingerprint density at radius 3 is 2.68 bits per heavy atom. The minimum atomic E-state index is 0.0345. The highest BCUT2D eigenvalue weighted by molar-refractivity contribution is 7.11. The predicted octanol–water partition coefficient (Wildman–Crippen LogP) is 2.85. The quantitative estimate of drug-likeness (QED) is 0.887. The lowest BCUT2D eigenvalue weighted by Gasteiger charge is -2.24. The average molecular weight is 321 g/mol. The van der Waals surface area contributed by atoms with E-state index in [4.69, 9.17) is 0 Å². The number of carbonyl (C=O) groups is 1. The van der Waals surface area contributed by atoms with Crippen LogP contribution >= 0.6 is 11.3 Å². The van der Waals surface area contributed by atoms with Crippen LogP contribution in [-0.4, -0.2) is 38.0 Å². The zero-order valence-corrected chi connectivity index (χ0v) is 14.6. The van der Waals surface area contributed by atoms with Crippen molar-refractivity contribution in [2.45, 2.75) is 52.5 Å². The van der Waals surface area contributed by atoms with Crippen molar-refractivity contribution in [3.05, 3.63) is 27.7 Å². The third kappa shape index (κ3) is 3.71. The van der Waals surface area contributed by atoms with Gasteiger partial charge in [0.1, 0.15) is 12.2 Å². The Morgan fingerprint density at radius 1 is 1.41 bits per heavy atom. The average Bonchev–Trinajstić information content (AvgIpc) is 3.12. The molecule has 0 aromatic carbocycles. The van der Waals surface area contributed by atoms with E-state index in [9.17, 15) is 4.79 Å². The van der Waals surface area contributed by atoms with E-state index in [2.05, 4.69) is 40.9 Å². The second kappa shape index (κ2) is 7.00. The van der Waals surface area contributed by atoms with Gasteiger partial charge in [-0.3, -0.25) is 9.89 Å². The van der Waals surface area contributed by atoms with Crippen LogP contribution in [0.5, 0.6) is 0 Å². The van der Waals surface area contributed by atoms with Crippen LogP contribution in [0.4, 0.5) is 0 Å². The first-order chi connectivity index (χ1) is 10.4. The number of nitrogens with zero attached hydrogens (tertiary/aromatic N) is 4. The van der Waals surface area contributed by atoms with Gasteiger partial charge < -0.3 is 4.90 Å². The van der Waals surface area contributed by atoms with Gasteiger partial charge in [-0.15, -0.1) is 11.3 Å². The van der Waals surface area contributed by atoms with Crippen molar-refractivity contribution < 1.29 is 4.79 Å². The largest absolute Gasteiger partial charge is 0.338 e. The highest BCUT2D eigenvalue weighted by atomic mass is 32.1. The molecule has 0 aliphatic heterocycles. The molecule has 0 radical (unpaired) electrons. The summed E-state index contributed by atoms with van der Waals surface area (Å²) in [7, 11) is 1.85. The van der Waals surface area contributed by atoms with Gasteiger partial charge in [0, 0.05) is 30.7 Å². The van der Waals surface area contributed by atoms with E-state index in [0.717, 1.165) is 16.5 Å². The number of H-pyrrole nitrogens is 1. The fraction of sp³-hybridized carbons (Fsp3) is 0.600. The van der Waals surface area contributed by atoms with Crippen molar-refractivity contribution in [1.82, 2.24) is 25.1 Å². The summed E-state index contributed by atoms with van der Waals surface area (Å²) >= 11 is 1.70. The maximum atomic E-state index is 12.4.